The Kier molecular flexibility index (Phi) is 6.98. The van der Waals surface area contributed by atoms with Crippen LogP contribution < -0.4 is 0 Å². The smallest absolute Gasteiger partial charge is 0.255 e. The highest BCUT2D eigenvalue weighted by Gasteiger charge is 2.26. The summed E-state index contributed by atoms with van der Waals surface area (Å²) in [5.74, 6) is -0.219. The summed E-state index contributed by atoms with van der Waals surface area (Å²) in [4.78, 5) is 43.0. The number of nitrogens with zero attached hydrogens (tertiary/aromatic N) is 2. The van der Waals surface area contributed by atoms with Crippen LogP contribution in [0.25, 0.3) is 0 Å². The Morgan fingerprint density at radius 2 is 1.59 bits per heavy atom. The molecule has 2 heterocycles. The molecule has 0 radical (unpaired) electrons. The predicted octanol–water partition coefficient (Wildman–Crippen LogP) is 4.62. The highest BCUT2D eigenvalue weighted by Crippen LogP contribution is 2.24. The third-order valence-corrected chi connectivity index (χ3v) is 6.50. The maximum absolute atomic E-state index is 12.7. The number of halogens is 2. The summed E-state index contributed by atoms with van der Waals surface area (Å²) >= 11 is 13.6. The zero-order valence-electron chi connectivity index (χ0n) is 16.3. The molecule has 1 fully saturated rings. The fourth-order valence-electron chi connectivity index (χ4n) is 3.41. The number of hydrogen-bond acceptors (Lipinski definition) is 4. The molecule has 1 aromatic carbocycles. The minimum absolute atomic E-state index is 0.00592. The van der Waals surface area contributed by atoms with Crippen LogP contribution in [0.4, 0.5) is 0 Å². The average Bonchev–Trinajstić information content (AvgIpc) is 3.03. The van der Waals surface area contributed by atoms with Crippen molar-refractivity contribution < 1.29 is 14.4 Å². The number of Topliss-reactive ketones (excluding diaryl/α,β-unsaturated/α-hetero) is 1. The fourth-order valence-corrected chi connectivity index (χ4v) is 4.84. The first-order chi connectivity index (χ1) is 13.8. The lowest BCUT2D eigenvalue weighted by molar-refractivity contribution is -0.132. The van der Waals surface area contributed by atoms with E-state index in [2.05, 4.69) is 0 Å². The number of carbonyl (C=O) groups is 3. The highest BCUT2D eigenvalue weighted by atomic mass is 35.5. The fraction of sp³-hybridized carbons (Fsp3) is 0.381. The van der Waals surface area contributed by atoms with Gasteiger partial charge in [-0.2, -0.15) is 0 Å². The van der Waals surface area contributed by atoms with Gasteiger partial charge in [-0.05, 0) is 38.1 Å². The van der Waals surface area contributed by atoms with Gasteiger partial charge >= 0.3 is 0 Å². The van der Waals surface area contributed by atoms with E-state index < -0.39 is 0 Å². The number of ketones is 1. The summed E-state index contributed by atoms with van der Waals surface area (Å²) in [6.07, 6.45) is 0.388. The number of piperazine rings is 1. The molecule has 3 rings (SSSR count). The second-order valence-corrected chi connectivity index (χ2v) is 9.35. The first kappa shape index (κ1) is 21.8. The van der Waals surface area contributed by atoms with Gasteiger partial charge in [0.15, 0.2) is 5.78 Å². The summed E-state index contributed by atoms with van der Waals surface area (Å²) in [6, 6.07) is 6.68. The van der Waals surface area contributed by atoms with E-state index in [0.29, 0.717) is 41.8 Å². The average molecular weight is 453 g/mol. The molecule has 2 aromatic rings. The van der Waals surface area contributed by atoms with Gasteiger partial charge in [-0.15, -0.1) is 11.3 Å². The van der Waals surface area contributed by atoms with E-state index in [9.17, 15) is 14.4 Å². The minimum Gasteiger partial charge on any atom is -0.339 e. The van der Waals surface area contributed by atoms with E-state index in [0.717, 1.165) is 15.3 Å². The number of carbonyl (C=O) groups excluding carboxylic acids is 3. The summed E-state index contributed by atoms with van der Waals surface area (Å²) in [5, 5.41) is 0.794. The maximum Gasteiger partial charge on any atom is 0.255 e. The molecule has 1 aliphatic rings. The van der Waals surface area contributed by atoms with Crippen molar-refractivity contribution in [3.8, 4) is 0 Å². The van der Waals surface area contributed by atoms with Crippen LogP contribution in [-0.4, -0.2) is 53.6 Å². The zero-order valence-corrected chi connectivity index (χ0v) is 18.7. The first-order valence-corrected chi connectivity index (χ1v) is 11.0. The quantitative estimate of drug-likeness (QED) is 0.621. The molecule has 5 nitrogen and oxygen atoms in total. The molecule has 2 amide bonds. The van der Waals surface area contributed by atoms with Crippen molar-refractivity contribution in [3.05, 3.63) is 55.2 Å². The Bertz CT molecular complexity index is 949. The van der Waals surface area contributed by atoms with Crippen molar-refractivity contribution in [1.82, 2.24) is 9.80 Å². The van der Waals surface area contributed by atoms with Crippen LogP contribution in [0.3, 0.4) is 0 Å². The Hall–Kier alpha value is -1.89. The normalized spacial score (nSPS) is 14.2. The molecule has 1 aromatic heterocycles. The van der Waals surface area contributed by atoms with Gasteiger partial charge in [-0.25, -0.2) is 0 Å². The number of thiophene rings is 1. The summed E-state index contributed by atoms with van der Waals surface area (Å²) in [5.41, 5.74) is 1.12. The monoisotopic (exact) mass is 452 g/mol. The number of rotatable bonds is 5. The van der Waals surface area contributed by atoms with E-state index in [1.165, 1.54) is 0 Å². The van der Waals surface area contributed by atoms with Crippen LogP contribution in [-0.2, 0) is 4.79 Å². The maximum atomic E-state index is 12.7. The summed E-state index contributed by atoms with van der Waals surface area (Å²) in [7, 11) is 0. The van der Waals surface area contributed by atoms with Crippen LogP contribution in [0.5, 0.6) is 0 Å². The minimum atomic E-state index is -0.169. The molecular weight excluding hydrogens is 431 g/mol. The highest BCUT2D eigenvalue weighted by molar-refractivity contribution is 7.12. The lowest BCUT2D eigenvalue weighted by Gasteiger charge is -2.35. The van der Waals surface area contributed by atoms with Crippen LogP contribution in [0.2, 0.25) is 10.0 Å². The van der Waals surface area contributed by atoms with Crippen LogP contribution in [0.1, 0.15) is 43.3 Å². The summed E-state index contributed by atoms with van der Waals surface area (Å²) in [6.45, 7) is 5.65. The molecule has 0 saturated carbocycles. The van der Waals surface area contributed by atoms with E-state index >= 15 is 0 Å². The SMILES string of the molecule is Cc1cc(C(=O)CCC(=O)N2CCN(C(=O)c3ccc(Cl)cc3Cl)CC2)c(C)s1. The first-order valence-electron chi connectivity index (χ1n) is 9.38. The molecular formula is C21H22Cl2N2O3S. The van der Waals surface area contributed by atoms with E-state index in [1.54, 1.807) is 39.3 Å². The number of amides is 2. The molecule has 1 aliphatic heterocycles. The van der Waals surface area contributed by atoms with Gasteiger partial charge in [-0.1, -0.05) is 23.2 Å². The largest absolute Gasteiger partial charge is 0.339 e. The second kappa shape index (κ2) is 9.28. The van der Waals surface area contributed by atoms with Crippen molar-refractivity contribution in [2.24, 2.45) is 0 Å². The number of aryl methyl sites for hydroxylation is 2. The Morgan fingerprint density at radius 3 is 2.17 bits per heavy atom. The van der Waals surface area contributed by atoms with Crippen molar-refractivity contribution in [2.75, 3.05) is 26.2 Å². The molecule has 154 valence electrons. The predicted molar refractivity (Wildman–Crippen MR) is 116 cm³/mol. The Balaban J connectivity index is 1.51. The van der Waals surface area contributed by atoms with Gasteiger partial charge in [0.1, 0.15) is 0 Å². The lowest BCUT2D eigenvalue weighted by atomic mass is 10.1. The van der Waals surface area contributed by atoms with Crippen molar-refractivity contribution >= 4 is 52.1 Å². The van der Waals surface area contributed by atoms with Crippen molar-refractivity contribution in [1.29, 1.82) is 0 Å². The van der Waals surface area contributed by atoms with Gasteiger partial charge in [-0.3, -0.25) is 14.4 Å². The molecule has 0 aliphatic carbocycles. The van der Waals surface area contributed by atoms with Gasteiger partial charge in [0.05, 0.1) is 10.6 Å². The molecule has 0 bridgehead atoms. The van der Waals surface area contributed by atoms with Crippen LogP contribution in [0, 0.1) is 13.8 Å². The molecule has 0 spiro atoms. The van der Waals surface area contributed by atoms with E-state index in [-0.39, 0.29) is 30.4 Å². The third-order valence-electron chi connectivity index (χ3n) is 4.99. The standard InChI is InChI=1S/C21H22Cl2N2O3S/c1-13-11-17(14(2)29-13)19(26)5-6-20(27)24-7-9-25(10-8-24)21(28)16-4-3-15(22)12-18(16)23/h3-4,11-12H,5-10H2,1-2H3. The van der Waals surface area contributed by atoms with Crippen molar-refractivity contribution in [3.63, 3.8) is 0 Å². The van der Waals surface area contributed by atoms with E-state index in [4.69, 9.17) is 23.2 Å². The second-order valence-electron chi connectivity index (χ2n) is 7.05. The molecule has 0 N–H and O–H groups in total. The molecule has 1 saturated heterocycles. The van der Waals surface area contributed by atoms with Gasteiger partial charge in [0, 0.05) is 59.4 Å². The van der Waals surface area contributed by atoms with Gasteiger partial charge in [0.25, 0.3) is 5.91 Å². The molecule has 0 atom stereocenters. The van der Waals surface area contributed by atoms with Gasteiger partial charge in [0.2, 0.25) is 5.91 Å². The van der Waals surface area contributed by atoms with Crippen molar-refractivity contribution in [2.45, 2.75) is 26.7 Å². The molecule has 8 heteroatoms. The van der Waals surface area contributed by atoms with Crippen LogP contribution in [0.15, 0.2) is 24.3 Å². The Labute approximate surface area is 184 Å². The van der Waals surface area contributed by atoms with E-state index in [1.807, 2.05) is 19.9 Å². The number of benzene rings is 1. The third kappa shape index (κ3) is 5.18. The lowest BCUT2D eigenvalue weighted by Crippen LogP contribution is -2.50. The summed E-state index contributed by atoms with van der Waals surface area (Å²) < 4.78 is 0. The molecule has 29 heavy (non-hydrogen) atoms. The zero-order chi connectivity index (χ0) is 21.1. The topological polar surface area (TPSA) is 57.7 Å². The Morgan fingerprint density at radius 1 is 0.931 bits per heavy atom. The number of hydrogen-bond donors (Lipinski definition) is 0. The molecule has 0 unspecified atom stereocenters. The van der Waals surface area contributed by atoms with Crippen LogP contribution >= 0.6 is 34.5 Å². The van der Waals surface area contributed by atoms with Gasteiger partial charge < -0.3 is 9.80 Å².